The SMILES string of the molecule is CC(=O)c1ccccc1-c1ncc2[nH]c(=O)n(Cc3ccc(-n4cccn4)cc3)c2n1. The van der Waals surface area contributed by atoms with Crippen LogP contribution in [0.25, 0.3) is 28.2 Å². The van der Waals surface area contributed by atoms with Gasteiger partial charge in [0.2, 0.25) is 0 Å². The van der Waals surface area contributed by atoms with Crippen molar-refractivity contribution in [1.82, 2.24) is 29.3 Å². The minimum Gasteiger partial charge on any atom is -0.303 e. The first-order valence-corrected chi connectivity index (χ1v) is 9.75. The van der Waals surface area contributed by atoms with E-state index in [1.54, 1.807) is 39.8 Å². The van der Waals surface area contributed by atoms with Crippen LogP contribution in [-0.4, -0.2) is 35.1 Å². The van der Waals surface area contributed by atoms with Gasteiger partial charge in [-0.05, 0) is 30.7 Å². The van der Waals surface area contributed by atoms with Gasteiger partial charge >= 0.3 is 5.69 Å². The van der Waals surface area contributed by atoms with Crippen LogP contribution in [0.4, 0.5) is 0 Å². The molecule has 5 aromatic rings. The molecule has 0 amide bonds. The van der Waals surface area contributed by atoms with Gasteiger partial charge in [-0.15, -0.1) is 0 Å². The van der Waals surface area contributed by atoms with Crippen LogP contribution < -0.4 is 5.69 Å². The Morgan fingerprint density at radius 3 is 2.61 bits per heavy atom. The van der Waals surface area contributed by atoms with Gasteiger partial charge < -0.3 is 4.98 Å². The largest absolute Gasteiger partial charge is 0.328 e. The summed E-state index contributed by atoms with van der Waals surface area (Å²) in [5.41, 5.74) is 3.83. The van der Waals surface area contributed by atoms with Crippen molar-refractivity contribution in [2.75, 3.05) is 0 Å². The maximum Gasteiger partial charge on any atom is 0.328 e. The van der Waals surface area contributed by atoms with E-state index < -0.39 is 0 Å². The quantitative estimate of drug-likeness (QED) is 0.449. The van der Waals surface area contributed by atoms with Crippen LogP contribution in [0.2, 0.25) is 0 Å². The van der Waals surface area contributed by atoms with Crippen molar-refractivity contribution >= 4 is 16.9 Å². The summed E-state index contributed by atoms with van der Waals surface area (Å²) in [5, 5.41) is 4.22. The lowest BCUT2D eigenvalue weighted by molar-refractivity contribution is 0.101. The van der Waals surface area contributed by atoms with E-state index >= 15 is 0 Å². The smallest absolute Gasteiger partial charge is 0.303 e. The molecule has 0 radical (unpaired) electrons. The fourth-order valence-electron chi connectivity index (χ4n) is 3.57. The first-order chi connectivity index (χ1) is 15.1. The fraction of sp³-hybridized carbons (Fsp3) is 0.0870. The van der Waals surface area contributed by atoms with Gasteiger partial charge in [0.15, 0.2) is 17.3 Å². The second-order valence-corrected chi connectivity index (χ2v) is 7.17. The van der Waals surface area contributed by atoms with Crippen LogP contribution in [0.1, 0.15) is 22.8 Å². The number of aromatic amines is 1. The minimum atomic E-state index is -0.266. The molecule has 0 aliphatic rings. The molecule has 0 aliphatic heterocycles. The second kappa shape index (κ2) is 7.49. The molecule has 3 aromatic heterocycles. The number of ketones is 1. The number of fused-ring (bicyclic) bond motifs is 1. The van der Waals surface area contributed by atoms with E-state index in [1.807, 2.05) is 42.6 Å². The average molecular weight is 410 g/mol. The number of H-pyrrole nitrogens is 1. The molecule has 152 valence electrons. The molecule has 31 heavy (non-hydrogen) atoms. The third-order valence-electron chi connectivity index (χ3n) is 5.10. The predicted octanol–water partition coefficient (Wildman–Crippen LogP) is 3.22. The molecule has 8 nitrogen and oxygen atoms in total. The normalized spacial score (nSPS) is 11.1. The Kier molecular flexibility index (Phi) is 4.51. The van der Waals surface area contributed by atoms with Crippen LogP contribution in [-0.2, 0) is 6.54 Å². The van der Waals surface area contributed by atoms with Crippen molar-refractivity contribution in [2.45, 2.75) is 13.5 Å². The monoisotopic (exact) mass is 410 g/mol. The zero-order valence-electron chi connectivity index (χ0n) is 16.7. The number of aromatic nitrogens is 6. The molecule has 0 spiro atoms. The van der Waals surface area contributed by atoms with E-state index in [9.17, 15) is 9.59 Å². The molecule has 0 aliphatic carbocycles. The number of hydrogen-bond acceptors (Lipinski definition) is 5. The Bertz CT molecular complexity index is 1450. The van der Waals surface area contributed by atoms with Crippen molar-refractivity contribution in [3.8, 4) is 17.1 Å². The Balaban J connectivity index is 1.54. The molecule has 0 atom stereocenters. The predicted molar refractivity (Wildman–Crippen MR) is 116 cm³/mol. The number of Topliss-reactive ketones (excluding diaryl/α,β-unsaturated/α-hetero) is 1. The van der Waals surface area contributed by atoms with Gasteiger partial charge in [0.25, 0.3) is 0 Å². The van der Waals surface area contributed by atoms with Gasteiger partial charge in [-0.3, -0.25) is 9.36 Å². The number of nitrogens with one attached hydrogen (secondary N) is 1. The molecule has 0 saturated heterocycles. The first kappa shape index (κ1) is 18.7. The molecule has 1 N–H and O–H groups in total. The fourth-order valence-corrected chi connectivity index (χ4v) is 3.57. The van der Waals surface area contributed by atoms with Crippen molar-refractivity contribution in [2.24, 2.45) is 0 Å². The molecule has 2 aromatic carbocycles. The highest BCUT2D eigenvalue weighted by atomic mass is 16.1. The number of nitrogens with zero attached hydrogens (tertiary/aromatic N) is 5. The molecule has 0 bridgehead atoms. The van der Waals surface area contributed by atoms with Gasteiger partial charge in [-0.1, -0.05) is 36.4 Å². The standard InChI is InChI=1S/C23H18N6O2/c1-15(30)18-5-2-3-6-19(18)21-24-13-20-22(27-21)28(23(31)26-20)14-16-7-9-17(10-8-16)29-12-4-11-25-29/h2-13H,14H2,1H3,(H,26,31). The maximum atomic E-state index is 12.6. The molecule has 3 heterocycles. The van der Waals surface area contributed by atoms with Crippen molar-refractivity contribution in [3.05, 3.63) is 94.8 Å². The lowest BCUT2D eigenvalue weighted by Crippen LogP contribution is -2.17. The number of rotatable bonds is 5. The topological polar surface area (TPSA) is 98.5 Å². The summed E-state index contributed by atoms with van der Waals surface area (Å²) in [5.74, 6) is 0.336. The number of carbonyl (C=O) groups excluding carboxylic acids is 1. The summed E-state index contributed by atoms with van der Waals surface area (Å²) in [6.07, 6.45) is 5.17. The van der Waals surface area contributed by atoms with Crippen LogP contribution in [0.5, 0.6) is 0 Å². The molecule has 0 unspecified atom stereocenters. The van der Waals surface area contributed by atoms with Crippen LogP contribution in [0, 0.1) is 0 Å². The first-order valence-electron chi connectivity index (χ1n) is 9.75. The van der Waals surface area contributed by atoms with E-state index in [-0.39, 0.29) is 11.5 Å². The van der Waals surface area contributed by atoms with Crippen LogP contribution >= 0.6 is 0 Å². The van der Waals surface area contributed by atoms with E-state index in [2.05, 4.69) is 20.1 Å². The molecular formula is C23H18N6O2. The summed E-state index contributed by atoms with van der Waals surface area (Å²) in [7, 11) is 0. The summed E-state index contributed by atoms with van der Waals surface area (Å²) >= 11 is 0. The molecular weight excluding hydrogens is 392 g/mol. The van der Waals surface area contributed by atoms with Crippen molar-refractivity contribution < 1.29 is 4.79 Å². The number of carbonyl (C=O) groups is 1. The van der Waals surface area contributed by atoms with Crippen molar-refractivity contribution in [1.29, 1.82) is 0 Å². The van der Waals surface area contributed by atoms with E-state index in [0.717, 1.165) is 11.3 Å². The lowest BCUT2D eigenvalue weighted by atomic mass is 10.0. The third-order valence-corrected chi connectivity index (χ3v) is 5.10. The second-order valence-electron chi connectivity index (χ2n) is 7.17. The van der Waals surface area contributed by atoms with Gasteiger partial charge in [0.05, 0.1) is 18.4 Å². The number of benzene rings is 2. The summed E-state index contributed by atoms with van der Waals surface area (Å²) in [6.45, 7) is 1.86. The Morgan fingerprint density at radius 2 is 1.87 bits per heavy atom. The molecule has 0 fully saturated rings. The molecule has 0 saturated carbocycles. The van der Waals surface area contributed by atoms with E-state index in [0.29, 0.717) is 34.7 Å². The zero-order chi connectivity index (χ0) is 21.4. The van der Waals surface area contributed by atoms with Gasteiger partial charge in [-0.2, -0.15) is 5.10 Å². The van der Waals surface area contributed by atoms with Gasteiger partial charge in [0.1, 0.15) is 5.52 Å². The number of imidazole rings is 1. The van der Waals surface area contributed by atoms with E-state index in [1.165, 1.54) is 6.92 Å². The summed E-state index contributed by atoms with van der Waals surface area (Å²) < 4.78 is 3.34. The average Bonchev–Trinajstić information content (AvgIpc) is 3.43. The van der Waals surface area contributed by atoms with Crippen LogP contribution in [0.15, 0.2) is 78.0 Å². The molecule has 5 rings (SSSR count). The van der Waals surface area contributed by atoms with Crippen molar-refractivity contribution in [3.63, 3.8) is 0 Å². The number of hydrogen-bond donors (Lipinski definition) is 1. The van der Waals surface area contributed by atoms with Gasteiger partial charge in [0, 0.05) is 23.5 Å². The van der Waals surface area contributed by atoms with Crippen LogP contribution in [0.3, 0.4) is 0 Å². The highest BCUT2D eigenvalue weighted by Crippen LogP contribution is 2.22. The third kappa shape index (κ3) is 3.44. The Labute approximate surface area is 176 Å². The molecule has 8 heteroatoms. The van der Waals surface area contributed by atoms with E-state index in [4.69, 9.17) is 0 Å². The highest BCUT2D eigenvalue weighted by molar-refractivity contribution is 6.00. The Morgan fingerprint density at radius 1 is 1.06 bits per heavy atom. The zero-order valence-corrected chi connectivity index (χ0v) is 16.7. The maximum absolute atomic E-state index is 12.6. The summed E-state index contributed by atoms with van der Waals surface area (Å²) in [4.78, 5) is 36.4. The summed E-state index contributed by atoms with van der Waals surface area (Å²) in [6, 6.07) is 16.9. The Hall–Kier alpha value is -4.33. The van der Waals surface area contributed by atoms with Gasteiger partial charge in [-0.25, -0.2) is 19.4 Å². The highest BCUT2D eigenvalue weighted by Gasteiger charge is 2.15. The lowest BCUT2D eigenvalue weighted by Gasteiger charge is -2.08. The minimum absolute atomic E-state index is 0.0666.